The van der Waals surface area contributed by atoms with Crippen molar-refractivity contribution in [1.82, 2.24) is 9.88 Å². The molecule has 0 saturated heterocycles. The number of carbonyl (C=O) groups is 1. The monoisotopic (exact) mass is 208 g/mol. The molecular formula is C11H16N2O2. The van der Waals surface area contributed by atoms with E-state index in [9.17, 15) is 4.79 Å². The SMILES string of the molecule is CCOC1CCNC(=O)c2ccn(C)c21. The largest absolute Gasteiger partial charge is 0.372 e. The van der Waals surface area contributed by atoms with Crippen LogP contribution < -0.4 is 5.32 Å². The fourth-order valence-corrected chi connectivity index (χ4v) is 2.05. The number of amides is 1. The molecule has 0 fully saturated rings. The molecule has 4 nitrogen and oxygen atoms in total. The van der Waals surface area contributed by atoms with Crippen LogP contribution in [0, 0.1) is 0 Å². The van der Waals surface area contributed by atoms with Gasteiger partial charge in [-0.05, 0) is 19.4 Å². The molecule has 82 valence electrons. The zero-order valence-electron chi connectivity index (χ0n) is 9.12. The molecule has 15 heavy (non-hydrogen) atoms. The van der Waals surface area contributed by atoms with E-state index in [4.69, 9.17) is 4.74 Å². The molecule has 1 atom stereocenters. The number of nitrogens with zero attached hydrogens (tertiary/aromatic N) is 1. The Hall–Kier alpha value is -1.29. The predicted octanol–water partition coefficient (Wildman–Crippen LogP) is 1.24. The minimum atomic E-state index is 0.00723. The molecule has 1 aromatic heterocycles. The lowest BCUT2D eigenvalue weighted by atomic mass is 10.1. The molecule has 2 rings (SSSR count). The Labute approximate surface area is 89.2 Å². The van der Waals surface area contributed by atoms with E-state index in [1.807, 2.05) is 30.8 Å². The van der Waals surface area contributed by atoms with Crippen molar-refractivity contribution in [1.29, 1.82) is 0 Å². The van der Waals surface area contributed by atoms with Crippen LogP contribution in [0.25, 0.3) is 0 Å². The van der Waals surface area contributed by atoms with Gasteiger partial charge in [-0.2, -0.15) is 0 Å². The van der Waals surface area contributed by atoms with Gasteiger partial charge >= 0.3 is 0 Å². The third-order valence-electron chi connectivity index (χ3n) is 2.73. The number of rotatable bonds is 2. The molecule has 1 aromatic rings. The van der Waals surface area contributed by atoms with Gasteiger partial charge < -0.3 is 14.6 Å². The number of fused-ring (bicyclic) bond motifs is 1. The highest BCUT2D eigenvalue weighted by atomic mass is 16.5. The highest BCUT2D eigenvalue weighted by Crippen LogP contribution is 2.27. The van der Waals surface area contributed by atoms with Crippen molar-refractivity contribution >= 4 is 5.91 Å². The summed E-state index contributed by atoms with van der Waals surface area (Å²) in [5.74, 6) is 0.00723. The lowest BCUT2D eigenvalue weighted by Crippen LogP contribution is -2.22. The number of hydrogen-bond acceptors (Lipinski definition) is 2. The molecule has 1 amide bonds. The average molecular weight is 208 g/mol. The Bertz CT molecular complexity index is 371. The number of aryl methyl sites for hydroxylation is 1. The van der Waals surface area contributed by atoms with Gasteiger partial charge in [-0.15, -0.1) is 0 Å². The van der Waals surface area contributed by atoms with Crippen molar-refractivity contribution in [3.63, 3.8) is 0 Å². The lowest BCUT2D eigenvalue weighted by Gasteiger charge is -2.16. The van der Waals surface area contributed by atoms with Gasteiger partial charge in [-0.1, -0.05) is 0 Å². The van der Waals surface area contributed by atoms with E-state index in [2.05, 4.69) is 5.32 Å². The second-order valence-corrected chi connectivity index (χ2v) is 3.71. The van der Waals surface area contributed by atoms with Crippen LogP contribution >= 0.6 is 0 Å². The maximum Gasteiger partial charge on any atom is 0.253 e. The molecule has 0 bridgehead atoms. The molecule has 0 aromatic carbocycles. The van der Waals surface area contributed by atoms with Gasteiger partial charge in [-0.3, -0.25) is 4.79 Å². The van der Waals surface area contributed by atoms with Crippen molar-refractivity contribution in [3.05, 3.63) is 23.5 Å². The van der Waals surface area contributed by atoms with Crippen molar-refractivity contribution < 1.29 is 9.53 Å². The van der Waals surface area contributed by atoms with Crippen LogP contribution in [0.4, 0.5) is 0 Å². The molecule has 2 heterocycles. The predicted molar refractivity (Wildman–Crippen MR) is 56.7 cm³/mol. The van der Waals surface area contributed by atoms with Crippen LogP contribution in [0.5, 0.6) is 0 Å². The second kappa shape index (κ2) is 4.06. The summed E-state index contributed by atoms with van der Waals surface area (Å²) in [6, 6.07) is 1.85. The molecule has 0 radical (unpaired) electrons. The molecule has 0 spiro atoms. The highest BCUT2D eigenvalue weighted by molar-refractivity contribution is 5.95. The molecule has 0 aliphatic carbocycles. The minimum absolute atomic E-state index is 0.00723. The van der Waals surface area contributed by atoms with E-state index < -0.39 is 0 Å². The van der Waals surface area contributed by atoms with Gasteiger partial charge in [0.05, 0.1) is 17.4 Å². The Morgan fingerprint density at radius 1 is 1.67 bits per heavy atom. The summed E-state index contributed by atoms with van der Waals surface area (Å²) in [6.07, 6.45) is 2.77. The number of aromatic nitrogens is 1. The first-order valence-corrected chi connectivity index (χ1v) is 5.29. The Morgan fingerprint density at radius 3 is 3.20 bits per heavy atom. The molecule has 1 unspecified atom stereocenters. The van der Waals surface area contributed by atoms with E-state index in [-0.39, 0.29) is 12.0 Å². The first kappa shape index (κ1) is 10.2. The standard InChI is InChI=1S/C11H16N2O2/c1-3-15-9-4-6-12-11(14)8-5-7-13(2)10(8)9/h5,7,9H,3-4,6H2,1-2H3,(H,12,14). The topological polar surface area (TPSA) is 43.3 Å². The van der Waals surface area contributed by atoms with Gasteiger partial charge in [0, 0.05) is 26.4 Å². The summed E-state index contributed by atoms with van der Waals surface area (Å²) in [5, 5.41) is 2.87. The van der Waals surface area contributed by atoms with Crippen molar-refractivity contribution in [2.45, 2.75) is 19.4 Å². The van der Waals surface area contributed by atoms with Crippen LogP contribution in [0.3, 0.4) is 0 Å². The van der Waals surface area contributed by atoms with Crippen molar-refractivity contribution in [2.24, 2.45) is 7.05 Å². The van der Waals surface area contributed by atoms with E-state index in [0.717, 1.165) is 17.7 Å². The smallest absolute Gasteiger partial charge is 0.253 e. The first-order chi connectivity index (χ1) is 7.24. The molecule has 0 saturated carbocycles. The van der Waals surface area contributed by atoms with E-state index >= 15 is 0 Å². The summed E-state index contributed by atoms with van der Waals surface area (Å²) < 4.78 is 7.64. The quantitative estimate of drug-likeness (QED) is 0.794. The Kier molecular flexibility index (Phi) is 2.77. The summed E-state index contributed by atoms with van der Waals surface area (Å²) in [7, 11) is 1.95. The fourth-order valence-electron chi connectivity index (χ4n) is 2.05. The Balaban J connectivity index is 2.40. The number of ether oxygens (including phenoxy) is 1. The molecule has 4 heteroatoms. The van der Waals surface area contributed by atoms with Crippen LogP contribution in [0.1, 0.15) is 35.5 Å². The molecule has 1 N–H and O–H groups in total. The fraction of sp³-hybridized carbons (Fsp3) is 0.545. The Morgan fingerprint density at radius 2 is 2.47 bits per heavy atom. The average Bonchev–Trinajstić information content (AvgIpc) is 2.51. The molecule has 1 aliphatic heterocycles. The van der Waals surface area contributed by atoms with E-state index in [1.54, 1.807) is 0 Å². The maximum absolute atomic E-state index is 11.7. The molecular weight excluding hydrogens is 192 g/mol. The van der Waals surface area contributed by atoms with Gasteiger partial charge in [-0.25, -0.2) is 0 Å². The van der Waals surface area contributed by atoms with Gasteiger partial charge in [0.2, 0.25) is 0 Å². The highest BCUT2D eigenvalue weighted by Gasteiger charge is 2.25. The molecule has 1 aliphatic rings. The second-order valence-electron chi connectivity index (χ2n) is 3.71. The van der Waals surface area contributed by atoms with Crippen LogP contribution in [0.2, 0.25) is 0 Å². The number of nitrogens with one attached hydrogen (secondary N) is 1. The lowest BCUT2D eigenvalue weighted by molar-refractivity contribution is 0.0531. The summed E-state index contributed by atoms with van der Waals surface area (Å²) >= 11 is 0. The number of hydrogen-bond donors (Lipinski definition) is 1. The van der Waals surface area contributed by atoms with Crippen molar-refractivity contribution in [2.75, 3.05) is 13.2 Å². The van der Waals surface area contributed by atoms with E-state index in [1.165, 1.54) is 0 Å². The minimum Gasteiger partial charge on any atom is -0.372 e. The van der Waals surface area contributed by atoms with Gasteiger partial charge in [0.15, 0.2) is 0 Å². The van der Waals surface area contributed by atoms with Gasteiger partial charge in [0.1, 0.15) is 0 Å². The van der Waals surface area contributed by atoms with Gasteiger partial charge in [0.25, 0.3) is 5.91 Å². The van der Waals surface area contributed by atoms with E-state index in [0.29, 0.717) is 13.2 Å². The third-order valence-corrected chi connectivity index (χ3v) is 2.73. The summed E-state index contributed by atoms with van der Waals surface area (Å²) in [6.45, 7) is 3.32. The zero-order valence-corrected chi connectivity index (χ0v) is 9.12. The zero-order chi connectivity index (χ0) is 10.8. The maximum atomic E-state index is 11.7. The normalized spacial score (nSPS) is 20.7. The van der Waals surface area contributed by atoms with Crippen molar-refractivity contribution in [3.8, 4) is 0 Å². The summed E-state index contributed by atoms with van der Waals surface area (Å²) in [5.41, 5.74) is 1.74. The van der Waals surface area contributed by atoms with Crippen LogP contribution in [-0.4, -0.2) is 23.6 Å². The third kappa shape index (κ3) is 1.77. The van der Waals surface area contributed by atoms with Crippen LogP contribution in [-0.2, 0) is 11.8 Å². The summed E-state index contributed by atoms with van der Waals surface area (Å²) in [4.78, 5) is 11.7. The number of carbonyl (C=O) groups excluding carboxylic acids is 1. The first-order valence-electron chi connectivity index (χ1n) is 5.29. The van der Waals surface area contributed by atoms with Crippen LogP contribution in [0.15, 0.2) is 12.3 Å².